The van der Waals surface area contributed by atoms with E-state index in [-0.39, 0.29) is 17.3 Å². The Morgan fingerprint density at radius 3 is 2.62 bits per heavy atom. The summed E-state index contributed by atoms with van der Waals surface area (Å²) in [6.07, 6.45) is 1.03. The molecule has 0 unspecified atom stereocenters. The van der Waals surface area contributed by atoms with Crippen molar-refractivity contribution in [2.75, 3.05) is 11.2 Å². The van der Waals surface area contributed by atoms with Crippen molar-refractivity contribution in [1.29, 1.82) is 0 Å². The minimum atomic E-state index is -3.38. The molecule has 0 bridgehead atoms. The van der Waals surface area contributed by atoms with Crippen LogP contribution in [-0.4, -0.2) is 24.1 Å². The highest BCUT2D eigenvalue weighted by Crippen LogP contribution is 2.10. The number of rotatable bonds is 5. The van der Waals surface area contributed by atoms with Crippen LogP contribution in [-0.2, 0) is 10.0 Å². The number of hydrogen-bond acceptors (Lipinski definition) is 6. The van der Waals surface area contributed by atoms with E-state index in [1.54, 1.807) is 0 Å². The fourth-order valence-corrected chi connectivity index (χ4v) is 1.17. The summed E-state index contributed by atoms with van der Waals surface area (Å²) in [6, 6.07) is 2.52. The molecule has 1 rings (SSSR count). The van der Waals surface area contributed by atoms with Crippen LogP contribution in [0.15, 0.2) is 18.3 Å². The minimum absolute atomic E-state index is 0.0764. The van der Waals surface area contributed by atoms with Gasteiger partial charge in [-0.3, -0.25) is 15.5 Å². The first-order chi connectivity index (χ1) is 7.44. The molecular weight excluding hydrogens is 236 g/mol. The van der Waals surface area contributed by atoms with Crippen molar-refractivity contribution < 1.29 is 13.3 Å². The van der Waals surface area contributed by atoms with Gasteiger partial charge in [-0.05, 0) is 13.0 Å². The zero-order valence-corrected chi connectivity index (χ0v) is 9.19. The second-order valence-corrected chi connectivity index (χ2v) is 4.80. The molecule has 9 heteroatoms. The molecule has 0 atom stereocenters. The average Bonchev–Trinajstić information content (AvgIpc) is 2.27. The average molecular weight is 246 g/mol. The molecule has 0 aliphatic carbocycles. The van der Waals surface area contributed by atoms with E-state index in [1.807, 2.05) is 0 Å². The van der Waals surface area contributed by atoms with Crippen molar-refractivity contribution in [3.8, 4) is 0 Å². The predicted molar refractivity (Wildman–Crippen MR) is 57.1 cm³/mol. The maximum Gasteiger partial charge on any atom is 0.287 e. The van der Waals surface area contributed by atoms with Crippen LogP contribution in [0.3, 0.4) is 0 Å². The molecule has 0 aromatic carbocycles. The highest BCUT2D eigenvalue weighted by molar-refractivity contribution is 7.89. The number of aromatic nitrogens is 1. The van der Waals surface area contributed by atoms with Gasteiger partial charge in [0.25, 0.3) is 5.69 Å². The number of nitrogens with zero attached hydrogens (tertiary/aromatic N) is 2. The molecule has 8 nitrogen and oxygen atoms in total. The number of anilines is 1. The number of nitrogens with one attached hydrogen (secondary N) is 2. The van der Waals surface area contributed by atoms with Crippen LogP contribution in [0.4, 0.5) is 11.5 Å². The van der Waals surface area contributed by atoms with Crippen LogP contribution >= 0.6 is 0 Å². The SMILES string of the molecule is CCS(=O)(=O)NNc1ccc([N+](=O)[O-])cn1. The third-order valence-corrected chi connectivity index (χ3v) is 2.85. The topological polar surface area (TPSA) is 114 Å². The number of sulfonamides is 1. The molecule has 0 fully saturated rings. The van der Waals surface area contributed by atoms with Crippen LogP contribution in [0.2, 0.25) is 0 Å². The first-order valence-corrected chi connectivity index (χ1v) is 5.96. The quantitative estimate of drug-likeness (QED) is 0.568. The Labute approximate surface area is 91.9 Å². The Morgan fingerprint density at radius 2 is 2.19 bits per heavy atom. The third-order valence-electron chi connectivity index (χ3n) is 1.67. The van der Waals surface area contributed by atoms with Crippen LogP contribution in [0, 0.1) is 10.1 Å². The van der Waals surface area contributed by atoms with E-state index in [9.17, 15) is 18.5 Å². The molecule has 0 saturated heterocycles. The maximum absolute atomic E-state index is 11.0. The van der Waals surface area contributed by atoms with E-state index < -0.39 is 14.9 Å². The smallest absolute Gasteiger partial charge is 0.287 e. The molecular formula is C7H10N4O4S. The molecule has 2 N–H and O–H groups in total. The molecule has 0 radical (unpaired) electrons. The fraction of sp³-hybridized carbons (Fsp3) is 0.286. The number of hydrazine groups is 1. The van der Waals surface area contributed by atoms with Crippen molar-refractivity contribution in [2.45, 2.75) is 6.92 Å². The minimum Gasteiger partial charge on any atom is -0.292 e. The van der Waals surface area contributed by atoms with Crippen molar-refractivity contribution >= 4 is 21.5 Å². The van der Waals surface area contributed by atoms with Gasteiger partial charge in [0.1, 0.15) is 12.0 Å². The van der Waals surface area contributed by atoms with Crippen LogP contribution in [0.25, 0.3) is 0 Å². The Morgan fingerprint density at radius 1 is 1.50 bits per heavy atom. The summed E-state index contributed by atoms with van der Waals surface area (Å²) in [5.74, 6) is 0.107. The monoisotopic (exact) mass is 246 g/mol. The summed E-state index contributed by atoms with van der Waals surface area (Å²) in [5, 5.41) is 10.3. The normalized spacial score (nSPS) is 11.1. The Bertz CT molecular complexity index is 470. The van der Waals surface area contributed by atoms with Crippen molar-refractivity contribution in [3.63, 3.8) is 0 Å². The van der Waals surface area contributed by atoms with Crippen LogP contribution in [0.1, 0.15) is 6.92 Å². The van der Waals surface area contributed by atoms with E-state index in [0.717, 1.165) is 6.20 Å². The van der Waals surface area contributed by atoms with E-state index in [4.69, 9.17) is 0 Å². The highest BCUT2D eigenvalue weighted by Gasteiger charge is 2.07. The van der Waals surface area contributed by atoms with E-state index in [0.29, 0.717) is 0 Å². The summed E-state index contributed by atoms with van der Waals surface area (Å²) in [4.78, 5) is 15.4. The second kappa shape index (κ2) is 4.86. The molecule has 1 aromatic rings. The van der Waals surface area contributed by atoms with Gasteiger partial charge in [0, 0.05) is 6.07 Å². The van der Waals surface area contributed by atoms with Gasteiger partial charge in [-0.1, -0.05) is 0 Å². The van der Waals surface area contributed by atoms with Gasteiger partial charge < -0.3 is 0 Å². The highest BCUT2D eigenvalue weighted by atomic mass is 32.2. The van der Waals surface area contributed by atoms with E-state index in [2.05, 4.69) is 15.2 Å². The van der Waals surface area contributed by atoms with Crippen LogP contribution in [0.5, 0.6) is 0 Å². The Kier molecular flexibility index (Phi) is 3.74. The molecule has 0 spiro atoms. The van der Waals surface area contributed by atoms with Crippen molar-refractivity contribution in [2.24, 2.45) is 0 Å². The molecule has 0 saturated carbocycles. The Hall–Kier alpha value is -1.74. The predicted octanol–water partition coefficient (Wildman–Crippen LogP) is 0.256. The fourth-order valence-electron chi connectivity index (χ4n) is 0.770. The Balaban J connectivity index is 2.66. The van der Waals surface area contributed by atoms with Crippen molar-refractivity contribution in [3.05, 3.63) is 28.4 Å². The summed E-state index contributed by atoms with van der Waals surface area (Å²) < 4.78 is 22.1. The van der Waals surface area contributed by atoms with Gasteiger partial charge in [0.05, 0.1) is 10.7 Å². The molecule has 16 heavy (non-hydrogen) atoms. The first kappa shape index (κ1) is 12.3. The summed E-state index contributed by atoms with van der Waals surface area (Å²) in [7, 11) is -3.38. The zero-order chi connectivity index (χ0) is 12.2. The number of hydrogen-bond donors (Lipinski definition) is 2. The molecule has 0 amide bonds. The molecule has 1 heterocycles. The summed E-state index contributed by atoms with van der Waals surface area (Å²) in [6.45, 7) is 1.48. The largest absolute Gasteiger partial charge is 0.292 e. The number of nitro groups is 1. The van der Waals surface area contributed by atoms with Crippen LogP contribution < -0.4 is 10.3 Å². The molecule has 88 valence electrons. The standard InChI is InChI=1S/C7H10N4O4S/c1-2-16(14,15)10-9-7-4-3-6(5-8-7)11(12)13/h3-5,10H,2H2,1H3,(H,8,9). The molecule has 0 aliphatic rings. The van der Waals surface area contributed by atoms with Gasteiger partial charge in [-0.15, -0.1) is 4.83 Å². The van der Waals surface area contributed by atoms with Gasteiger partial charge in [0.15, 0.2) is 0 Å². The van der Waals surface area contributed by atoms with Gasteiger partial charge in [0.2, 0.25) is 10.0 Å². The first-order valence-electron chi connectivity index (χ1n) is 4.30. The van der Waals surface area contributed by atoms with E-state index in [1.165, 1.54) is 19.1 Å². The molecule has 1 aromatic heterocycles. The lowest BCUT2D eigenvalue weighted by Gasteiger charge is -2.06. The van der Waals surface area contributed by atoms with Crippen molar-refractivity contribution in [1.82, 2.24) is 9.82 Å². The van der Waals surface area contributed by atoms with Gasteiger partial charge in [-0.25, -0.2) is 13.4 Å². The molecule has 0 aliphatic heterocycles. The maximum atomic E-state index is 11.0. The number of pyridine rings is 1. The zero-order valence-electron chi connectivity index (χ0n) is 8.37. The lowest BCUT2D eigenvalue weighted by molar-refractivity contribution is -0.385. The van der Waals surface area contributed by atoms with Gasteiger partial charge in [-0.2, -0.15) is 0 Å². The summed E-state index contributed by atoms with van der Waals surface area (Å²) >= 11 is 0. The van der Waals surface area contributed by atoms with E-state index >= 15 is 0 Å². The second-order valence-electron chi connectivity index (χ2n) is 2.79. The van der Waals surface area contributed by atoms with Gasteiger partial charge >= 0.3 is 0 Å². The lowest BCUT2D eigenvalue weighted by Crippen LogP contribution is -2.31. The lowest BCUT2D eigenvalue weighted by atomic mass is 10.4. The third kappa shape index (κ3) is 3.44. The summed E-state index contributed by atoms with van der Waals surface area (Å²) in [5.41, 5.74) is 2.17.